The van der Waals surface area contributed by atoms with Crippen LogP contribution in [0.2, 0.25) is 0 Å². The molecule has 3 rings (SSSR count). The Morgan fingerprint density at radius 3 is 2.62 bits per heavy atom. The molecule has 0 fully saturated rings. The first-order valence-corrected chi connectivity index (χ1v) is 10.4. The van der Waals surface area contributed by atoms with E-state index in [9.17, 15) is 28.3 Å². The van der Waals surface area contributed by atoms with Crippen molar-refractivity contribution in [3.8, 4) is 0 Å². The number of nitrogens with zero attached hydrogens (tertiary/aromatic N) is 1. The summed E-state index contributed by atoms with van der Waals surface area (Å²) in [7, 11) is 0. The van der Waals surface area contributed by atoms with Crippen molar-refractivity contribution in [2.45, 2.75) is 51.1 Å². The molecule has 9 heteroatoms. The number of amides is 2. The maximum absolute atomic E-state index is 13.2. The first kappa shape index (κ1) is 23.5. The first-order valence-electron chi connectivity index (χ1n) is 10.4. The van der Waals surface area contributed by atoms with E-state index in [1.807, 2.05) is 29.6 Å². The van der Waals surface area contributed by atoms with E-state index in [1.54, 1.807) is 19.1 Å². The molecular weight excluding hydrogens is 420 g/mol. The second kappa shape index (κ2) is 9.12. The number of allylic oxidation sites excluding steroid dienone is 1. The zero-order valence-electron chi connectivity index (χ0n) is 17.9. The molecule has 0 aliphatic heterocycles. The first-order chi connectivity index (χ1) is 15.1. The zero-order chi connectivity index (χ0) is 23.5. The number of aromatic nitrogens is 1. The lowest BCUT2D eigenvalue weighted by atomic mass is 9.93. The zero-order valence-corrected chi connectivity index (χ0v) is 17.9. The molecule has 3 N–H and O–H groups in total. The van der Waals surface area contributed by atoms with E-state index < -0.39 is 35.4 Å². The summed E-state index contributed by atoms with van der Waals surface area (Å²) < 4.78 is 26.3. The van der Waals surface area contributed by atoms with Crippen LogP contribution in [0.25, 0.3) is 17.0 Å². The number of aliphatic hydroxyl groups is 1. The molecule has 2 amide bonds. The van der Waals surface area contributed by atoms with Crippen molar-refractivity contribution in [2.75, 3.05) is 11.9 Å². The molecular formula is C23H25F2N3O4. The molecule has 1 aromatic heterocycles. The van der Waals surface area contributed by atoms with Crippen molar-refractivity contribution in [3.05, 3.63) is 51.8 Å². The molecule has 2 aromatic rings. The lowest BCUT2D eigenvalue weighted by Crippen LogP contribution is -2.56. The van der Waals surface area contributed by atoms with Gasteiger partial charge in [-0.15, -0.1) is 0 Å². The molecule has 1 heterocycles. The van der Waals surface area contributed by atoms with Crippen LogP contribution in [-0.4, -0.2) is 40.0 Å². The van der Waals surface area contributed by atoms with Crippen LogP contribution in [-0.2, 0) is 16.0 Å². The Balaban J connectivity index is 2.05. The molecule has 1 unspecified atom stereocenters. The minimum atomic E-state index is -3.22. The highest BCUT2D eigenvalue weighted by molar-refractivity contribution is 6.13. The fourth-order valence-corrected chi connectivity index (χ4v) is 3.69. The van der Waals surface area contributed by atoms with E-state index >= 15 is 0 Å². The molecule has 1 aliphatic rings. The number of carbonyl (C=O) groups is 2. The monoisotopic (exact) mass is 445 g/mol. The van der Waals surface area contributed by atoms with Gasteiger partial charge in [-0.2, -0.15) is 0 Å². The molecule has 170 valence electrons. The fourth-order valence-electron chi connectivity index (χ4n) is 3.69. The molecule has 1 atom stereocenters. The Morgan fingerprint density at radius 1 is 1.22 bits per heavy atom. The van der Waals surface area contributed by atoms with Gasteiger partial charge in [-0.3, -0.25) is 14.4 Å². The Bertz CT molecular complexity index is 1140. The maximum Gasteiger partial charge on any atom is 0.294 e. The Kier molecular flexibility index (Phi) is 6.68. The van der Waals surface area contributed by atoms with Gasteiger partial charge in [0.15, 0.2) is 0 Å². The van der Waals surface area contributed by atoms with Gasteiger partial charge in [0.2, 0.25) is 5.60 Å². The number of alkyl halides is 2. The number of rotatable bonds is 7. The summed E-state index contributed by atoms with van der Waals surface area (Å²) >= 11 is 0. The van der Waals surface area contributed by atoms with Gasteiger partial charge in [-0.25, -0.2) is 13.8 Å². The summed E-state index contributed by atoms with van der Waals surface area (Å²) in [6, 6.07) is 7.04. The van der Waals surface area contributed by atoms with Crippen molar-refractivity contribution in [2.24, 2.45) is 0 Å². The molecule has 7 nitrogen and oxygen atoms in total. The van der Waals surface area contributed by atoms with Gasteiger partial charge in [0.1, 0.15) is 5.69 Å². The van der Waals surface area contributed by atoms with Gasteiger partial charge in [0, 0.05) is 12.3 Å². The summed E-state index contributed by atoms with van der Waals surface area (Å²) in [6.45, 7) is 1.20. The van der Waals surface area contributed by atoms with Crippen molar-refractivity contribution in [1.29, 1.82) is 0 Å². The van der Waals surface area contributed by atoms with Crippen LogP contribution in [0.5, 0.6) is 0 Å². The van der Waals surface area contributed by atoms with E-state index in [0.29, 0.717) is 36.4 Å². The fraction of sp³-hybridized carbons (Fsp3) is 0.391. The van der Waals surface area contributed by atoms with Gasteiger partial charge in [0.25, 0.3) is 23.3 Å². The summed E-state index contributed by atoms with van der Waals surface area (Å²) in [5, 5.41) is 15.9. The van der Waals surface area contributed by atoms with Crippen LogP contribution in [0.4, 0.5) is 14.5 Å². The molecule has 0 bridgehead atoms. The van der Waals surface area contributed by atoms with Crippen molar-refractivity contribution in [3.63, 3.8) is 0 Å². The molecule has 0 saturated heterocycles. The van der Waals surface area contributed by atoms with E-state index in [2.05, 4.69) is 10.3 Å². The number of para-hydroxylation sites is 1. The average Bonchev–Trinajstić information content (AvgIpc) is 2.86. The van der Waals surface area contributed by atoms with Crippen LogP contribution >= 0.6 is 0 Å². The third-order valence-electron chi connectivity index (χ3n) is 5.26. The number of hydrogen-bond acceptors (Lipinski definition) is 5. The maximum atomic E-state index is 13.2. The Morgan fingerprint density at radius 2 is 1.94 bits per heavy atom. The predicted octanol–water partition coefficient (Wildman–Crippen LogP) is 2.80. The van der Waals surface area contributed by atoms with Gasteiger partial charge in [-0.1, -0.05) is 43.7 Å². The average molecular weight is 445 g/mol. The number of benzene rings is 1. The highest BCUT2D eigenvalue weighted by Crippen LogP contribution is 2.29. The predicted molar refractivity (Wildman–Crippen MR) is 117 cm³/mol. The quantitative estimate of drug-likeness (QED) is 0.568. The number of anilines is 1. The standard InChI is InChI=1S/C23H25F2N3O4/c1-3-12-23(32,20(30)26-13-22(2,24)25)21(31)28-18-16-10-5-4-8-14(16)15-9-6-7-11-17(15)27-19(18)29/h4,6-9,11,32H,3,5,10,12-13H2,1-2H3,(H,26,30)(H,27,28,29,31). The van der Waals surface area contributed by atoms with E-state index in [4.69, 9.17) is 0 Å². The lowest BCUT2D eigenvalue weighted by molar-refractivity contribution is -0.152. The second-order valence-corrected chi connectivity index (χ2v) is 7.96. The molecule has 1 aromatic carbocycles. The summed E-state index contributed by atoms with van der Waals surface area (Å²) in [4.78, 5) is 42.5. The van der Waals surface area contributed by atoms with E-state index in [-0.39, 0.29) is 18.5 Å². The van der Waals surface area contributed by atoms with Crippen LogP contribution in [0, 0.1) is 0 Å². The minimum absolute atomic E-state index is 0.131. The van der Waals surface area contributed by atoms with Crippen LogP contribution in [0.3, 0.4) is 0 Å². The summed E-state index contributed by atoms with van der Waals surface area (Å²) in [5.74, 6) is -5.63. The van der Waals surface area contributed by atoms with Crippen LogP contribution in [0.15, 0.2) is 35.1 Å². The Labute approximate surface area is 183 Å². The molecule has 0 saturated carbocycles. The van der Waals surface area contributed by atoms with Crippen molar-refractivity contribution in [1.82, 2.24) is 10.3 Å². The second-order valence-electron chi connectivity index (χ2n) is 7.96. The third kappa shape index (κ3) is 4.83. The van der Waals surface area contributed by atoms with Crippen molar-refractivity contribution < 1.29 is 23.5 Å². The Hall–Kier alpha value is -3.20. The largest absolute Gasteiger partial charge is 0.372 e. The van der Waals surface area contributed by atoms with E-state index in [0.717, 1.165) is 5.39 Å². The van der Waals surface area contributed by atoms with Gasteiger partial charge >= 0.3 is 0 Å². The number of halogens is 2. The molecule has 32 heavy (non-hydrogen) atoms. The summed E-state index contributed by atoms with van der Waals surface area (Å²) in [5.41, 5.74) is -1.78. The topological polar surface area (TPSA) is 108 Å². The SMILES string of the molecule is CCCC(O)(C(=O)NCC(C)(F)F)C(=O)Nc1c2c(c3ccccc3nc1=O)C=CCC2. The van der Waals surface area contributed by atoms with Crippen molar-refractivity contribution >= 4 is 34.5 Å². The van der Waals surface area contributed by atoms with Crippen LogP contribution < -0.4 is 16.2 Å². The van der Waals surface area contributed by atoms with Crippen LogP contribution in [0.1, 0.15) is 44.2 Å². The minimum Gasteiger partial charge on any atom is -0.372 e. The van der Waals surface area contributed by atoms with E-state index in [1.165, 1.54) is 0 Å². The normalized spacial score (nSPS) is 15.0. The number of carbonyl (C=O) groups excluding carboxylic acids is 2. The number of fused-ring (bicyclic) bond motifs is 3. The van der Waals surface area contributed by atoms with Gasteiger partial charge in [-0.05, 0) is 36.5 Å². The smallest absolute Gasteiger partial charge is 0.294 e. The highest BCUT2D eigenvalue weighted by Gasteiger charge is 2.44. The third-order valence-corrected chi connectivity index (χ3v) is 5.26. The van der Waals surface area contributed by atoms with Gasteiger partial charge in [0.05, 0.1) is 12.1 Å². The molecule has 1 aliphatic carbocycles. The van der Waals surface area contributed by atoms with Gasteiger partial charge < -0.3 is 15.7 Å². The molecule has 0 spiro atoms. The number of hydrogen-bond donors (Lipinski definition) is 3. The summed E-state index contributed by atoms with van der Waals surface area (Å²) in [6.07, 6.45) is 4.75. The lowest BCUT2D eigenvalue weighted by Gasteiger charge is -2.26. The number of nitrogens with one attached hydrogen (secondary N) is 2. The highest BCUT2D eigenvalue weighted by atomic mass is 19.3. The molecule has 0 radical (unpaired) electrons.